The van der Waals surface area contributed by atoms with Crippen LogP contribution in [0.15, 0.2) is 24.3 Å². The molecule has 0 saturated carbocycles. The zero-order valence-corrected chi connectivity index (χ0v) is 12.4. The molecular weight excluding hydrogens is 289 g/mol. The molecule has 6 nitrogen and oxygen atoms in total. The van der Waals surface area contributed by atoms with E-state index in [1.54, 1.807) is 20.0 Å². The molecule has 1 amide bonds. The summed E-state index contributed by atoms with van der Waals surface area (Å²) in [6, 6.07) is 4.21. The van der Waals surface area contributed by atoms with Crippen LogP contribution in [-0.4, -0.2) is 26.8 Å². The fourth-order valence-electron chi connectivity index (χ4n) is 2.01. The van der Waals surface area contributed by atoms with Gasteiger partial charge < -0.3 is 10.4 Å². The standard InChI is InChI=1S/C15H16FN3O3/c1-8-6-10(4-5-11(8)16)13(15(21)22)17-14(20)12-7-9(2)19(3)18-12/h4-7,13H,1-3H3,(H,17,20)(H,21,22). The number of hydrogen-bond acceptors (Lipinski definition) is 3. The smallest absolute Gasteiger partial charge is 0.330 e. The Hall–Kier alpha value is -2.70. The van der Waals surface area contributed by atoms with E-state index in [9.17, 15) is 19.1 Å². The van der Waals surface area contributed by atoms with Gasteiger partial charge in [0.2, 0.25) is 0 Å². The lowest BCUT2D eigenvalue weighted by Gasteiger charge is -2.15. The topological polar surface area (TPSA) is 84.2 Å². The molecule has 7 heteroatoms. The van der Waals surface area contributed by atoms with Crippen molar-refractivity contribution in [2.45, 2.75) is 19.9 Å². The minimum atomic E-state index is -1.27. The van der Waals surface area contributed by atoms with Crippen LogP contribution in [0.5, 0.6) is 0 Å². The van der Waals surface area contributed by atoms with E-state index in [-0.39, 0.29) is 5.69 Å². The third-order valence-corrected chi connectivity index (χ3v) is 3.38. The van der Waals surface area contributed by atoms with Gasteiger partial charge in [0, 0.05) is 12.7 Å². The first-order chi connectivity index (χ1) is 10.3. The quantitative estimate of drug-likeness (QED) is 0.901. The number of hydrogen-bond donors (Lipinski definition) is 2. The van der Waals surface area contributed by atoms with Crippen LogP contribution in [0, 0.1) is 19.7 Å². The molecule has 2 N–H and O–H groups in total. The van der Waals surface area contributed by atoms with Gasteiger partial charge in [0.15, 0.2) is 6.04 Å². The minimum absolute atomic E-state index is 0.130. The number of aryl methyl sites for hydroxylation is 3. The molecule has 1 atom stereocenters. The van der Waals surface area contributed by atoms with E-state index < -0.39 is 23.7 Å². The van der Waals surface area contributed by atoms with Crippen molar-refractivity contribution in [3.05, 3.63) is 52.6 Å². The number of rotatable bonds is 4. The summed E-state index contributed by atoms with van der Waals surface area (Å²) in [7, 11) is 1.68. The number of carbonyl (C=O) groups is 2. The van der Waals surface area contributed by atoms with Gasteiger partial charge >= 0.3 is 5.97 Å². The second-order valence-electron chi connectivity index (χ2n) is 5.05. The van der Waals surface area contributed by atoms with Gasteiger partial charge in [0.05, 0.1) is 0 Å². The van der Waals surface area contributed by atoms with Gasteiger partial charge in [-0.15, -0.1) is 0 Å². The molecule has 2 aromatic rings. The molecule has 0 aliphatic heterocycles. The van der Waals surface area contributed by atoms with Gasteiger partial charge in [-0.3, -0.25) is 9.48 Å². The van der Waals surface area contributed by atoms with Crippen LogP contribution in [0.4, 0.5) is 4.39 Å². The molecule has 22 heavy (non-hydrogen) atoms. The lowest BCUT2D eigenvalue weighted by atomic mass is 10.0. The first-order valence-corrected chi connectivity index (χ1v) is 6.60. The Morgan fingerprint density at radius 2 is 2.00 bits per heavy atom. The van der Waals surface area contributed by atoms with Crippen molar-refractivity contribution in [1.29, 1.82) is 0 Å². The Morgan fingerprint density at radius 3 is 2.50 bits per heavy atom. The van der Waals surface area contributed by atoms with Crippen molar-refractivity contribution >= 4 is 11.9 Å². The molecule has 0 saturated heterocycles. The van der Waals surface area contributed by atoms with Crippen LogP contribution in [0.3, 0.4) is 0 Å². The normalized spacial score (nSPS) is 12.0. The van der Waals surface area contributed by atoms with Gasteiger partial charge in [0.25, 0.3) is 5.91 Å². The van der Waals surface area contributed by atoms with Crippen LogP contribution in [0.2, 0.25) is 0 Å². The number of halogens is 1. The van der Waals surface area contributed by atoms with Crippen molar-refractivity contribution in [3.63, 3.8) is 0 Å². The predicted molar refractivity (Wildman–Crippen MR) is 76.9 cm³/mol. The molecule has 0 fully saturated rings. The average molecular weight is 305 g/mol. The van der Waals surface area contributed by atoms with E-state index in [0.717, 1.165) is 5.69 Å². The molecule has 0 bridgehead atoms. The number of amides is 1. The molecule has 0 spiro atoms. The van der Waals surface area contributed by atoms with E-state index >= 15 is 0 Å². The van der Waals surface area contributed by atoms with E-state index in [1.165, 1.54) is 29.8 Å². The molecule has 1 aromatic carbocycles. The Labute approximate surface area is 126 Å². The fraction of sp³-hybridized carbons (Fsp3) is 0.267. The Balaban J connectivity index is 2.27. The number of carbonyl (C=O) groups excluding carboxylic acids is 1. The van der Waals surface area contributed by atoms with Gasteiger partial charge in [-0.1, -0.05) is 12.1 Å². The summed E-state index contributed by atoms with van der Waals surface area (Å²) in [4.78, 5) is 23.5. The number of carboxylic acids is 1. The third kappa shape index (κ3) is 3.13. The maximum atomic E-state index is 13.3. The van der Waals surface area contributed by atoms with E-state index in [4.69, 9.17) is 0 Å². The average Bonchev–Trinajstić information content (AvgIpc) is 2.79. The molecule has 2 rings (SSSR count). The van der Waals surface area contributed by atoms with E-state index in [0.29, 0.717) is 11.1 Å². The lowest BCUT2D eigenvalue weighted by molar-refractivity contribution is -0.139. The number of benzene rings is 1. The monoisotopic (exact) mass is 305 g/mol. The molecule has 1 heterocycles. The molecule has 1 unspecified atom stereocenters. The highest BCUT2D eigenvalue weighted by Crippen LogP contribution is 2.18. The van der Waals surface area contributed by atoms with Crippen molar-refractivity contribution in [2.24, 2.45) is 7.05 Å². The number of nitrogens with zero attached hydrogens (tertiary/aromatic N) is 2. The second-order valence-corrected chi connectivity index (χ2v) is 5.05. The molecule has 0 aliphatic rings. The van der Waals surface area contributed by atoms with E-state index in [2.05, 4.69) is 10.4 Å². The van der Waals surface area contributed by atoms with Crippen LogP contribution in [0.25, 0.3) is 0 Å². The van der Waals surface area contributed by atoms with Gasteiger partial charge in [-0.2, -0.15) is 5.10 Å². The first kappa shape index (κ1) is 15.7. The highest BCUT2D eigenvalue weighted by atomic mass is 19.1. The summed E-state index contributed by atoms with van der Waals surface area (Å²) >= 11 is 0. The van der Waals surface area contributed by atoms with Crippen LogP contribution in [0.1, 0.15) is 33.4 Å². The summed E-state index contributed by atoms with van der Waals surface area (Å²) in [6.07, 6.45) is 0. The maximum Gasteiger partial charge on any atom is 0.330 e. The van der Waals surface area contributed by atoms with Crippen LogP contribution in [-0.2, 0) is 11.8 Å². The summed E-state index contributed by atoms with van der Waals surface area (Å²) < 4.78 is 14.8. The predicted octanol–water partition coefficient (Wildman–Crippen LogP) is 1.73. The van der Waals surface area contributed by atoms with Crippen molar-refractivity contribution in [2.75, 3.05) is 0 Å². The molecule has 116 valence electrons. The zero-order chi connectivity index (χ0) is 16.4. The number of aromatic nitrogens is 2. The molecular formula is C15H16FN3O3. The molecule has 0 radical (unpaired) electrons. The SMILES string of the molecule is Cc1cc(C(NC(=O)c2cc(C)n(C)n2)C(=O)O)ccc1F. The van der Waals surface area contributed by atoms with Crippen molar-refractivity contribution < 1.29 is 19.1 Å². The van der Waals surface area contributed by atoms with Gasteiger partial charge in [-0.25, -0.2) is 9.18 Å². The highest BCUT2D eigenvalue weighted by Gasteiger charge is 2.24. The Kier molecular flexibility index (Phi) is 4.25. The third-order valence-electron chi connectivity index (χ3n) is 3.38. The summed E-state index contributed by atoms with van der Waals surface area (Å²) in [6.45, 7) is 3.31. The largest absolute Gasteiger partial charge is 0.479 e. The van der Waals surface area contributed by atoms with E-state index in [1.807, 2.05) is 0 Å². The summed E-state index contributed by atoms with van der Waals surface area (Å²) in [5, 5.41) is 15.7. The summed E-state index contributed by atoms with van der Waals surface area (Å²) in [5.41, 5.74) is 1.51. The summed E-state index contributed by atoms with van der Waals surface area (Å²) in [5.74, 6) is -2.26. The molecule has 0 aliphatic carbocycles. The fourth-order valence-corrected chi connectivity index (χ4v) is 2.01. The van der Waals surface area contributed by atoms with Crippen molar-refractivity contribution in [1.82, 2.24) is 15.1 Å². The van der Waals surface area contributed by atoms with Crippen LogP contribution < -0.4 is 5.32 Å². The second kappa shape index (κ2) is 5.97. The Morgan fingerprint density at radius 1 is 1.32 bits per heavy atom. The molecule has 1 aromatic heterocycles. The number of carboxylic acid groups (broad SMARTS) is 1. The Bertz CT molecular complexity index is 720. The number of nitrogens with one attached hydrogen (secondary N) is 1. The minimum Gasteiger partial charge on any atom is -0.479 e. The van der Waals surface area contributed by atoms with Crippen LogP contribution >= 0.6 is 0 Å². The maximum absolute atomic E-state index is 13.3. The van der Waals surface area contributed by atoms with Gasteiger partial charge in [-0.05, 0) is 37.1 Å². The lowest BCUT2D eigenvalue weighted by Crippen LogP contribution is -2.34. The highest BCUT2D eigenvalue weighted by molar-refractivity contribution is 5.95. The number of aliphatic carboxylic acids is 1. The van der Waals surface area contributed by atoms with Crippen molar-refractivity contribution in [3.8, 4) is 0 Å². The zero-order valence-electron chi connectivity index (χ0n) is 12.4. The first-order valence-electron chi connectivity index (χ1n) is 6.60. The van der Waals surface area contributed by atoms with Gasteiger partial charge in [0.1, 0.15) is 11.5 Å².